The number of furan rings is 1. The fourth-order valence-corrected chi connectivity index (χ4v) is 2.64. The quantitative estimate of drug-likeness (QED) is 0.848. The van der Waals surface area contributed by atoms with Gasteiger partial charge in [-0.15, -0.1) is 0 Å². The number of anilines is 1. The van der Waals surface area contributed by atoms with E-state index < -0.39 is 0 Å². The monoisotopic (exact) mass is 288 g/mol. The molecule has 5 nitrogen and oxygen atoms in total. The van der Waals surface area contributed by atoms with Gasteiger partial charge in [-0.1, -0.05) is 0 Å². The third kappa shape index (κ3) is 3.36. The summed E-state index contributed by atoms with van der Waals surface area (Å²) >= 11 is 0. The van der Waals surface area contributed by atoms with Crippen LogP contribution in [0.1, 0.15) is 36.2 Å². The van der Waals surface area contributed by atoms with Gasteiger partial charge >= 0.3 is 0 Å². The minimum Gasteiger partial charge on any atom is -0.451 e. The van der Waals surface area contributed by atoms with Crippen molar-refractivity contribution < 1.29 is 13.9 Å². The van der Waals surface area contributed by atoms with Gasteiger partial charge in [0.15, 0.2) is 5.76 Å². The minimum atomic E-state index is -0.194. The Hall–Kier alpha value is -2.01. The summed E-state index contributed by atoms with van der Waals surface area (Å²) < 4.78 is 11.2. The van der Waals surface area contributed by atoms with Crippen LogP contribution in [0.4, 0.5) is 5.69 Å². The Kier molecular flexibility index (Phi) is 4.10. The summed E-state index contributed by atoms with van der Waals surface area (Å²) in [6.07, 6.45) is 4.56. The fraction of sp³-hybridized carbons (Fsp3) is 0.438. The lowest BCUT2D eigenvalue weighted by Crippen LogP contribution is -2.29. The van der Waals surface area contributed by atoms with Crippen molar-refractivity contribution in [2.45, 2.75) is 31.8 Å². The minimum absolute atomic E-state index is 0.194. The molecule has 0 aliphatic carbocycles. The normalized spacial score (nSPS) is 18.8. The Morgan fingerprint density at radius 2 is 2.24 bits per heavy atom. The number of rotatable bonds is 4. The van der Waals surface area contributed by atoms with Crippen LogP contribution in [0.25, 0.3) is 11.0 Å². The molecule has 1 unspecified atom stereocenters. The Morgan fingerprint density at radius 3 is 3.05 bits per heavy atom. The van der Waals surface area contributed by atoms with Crippen molar-refractivity contribution in [3.05, 3.63) is 30.0 Å². The molecule has 1 saturated heterocycles. The molecule has 3 rings (SSSR count). The molecule has 112 valence electrons. The Balaban J connectivity index is 1.56. The summed E-state index contributed by atoms with van der Waals surface area (Å²) in [5.74, 6) is 0.126. The van der Waals surface area contributed by atoms with Crippen LogP contribution < -0.4 is 11.1 Å². The van der Waals surface area contributed by atoms with Crippen molar-refractivity contribution >= 4 is 22.6 Å². The second kappa shape index (κ2) is 6.18. The smallest absolute Gasteiger partial charge is 0.287 e. The van der Waals surface area contributed by atoms with E-state index in [9.17, 15) is 4.79 Å². The second-order valence-corrected chi connectivity index (χ2v) is 5.44. The average molecular weight is 288 g/mol. The van der Waals surface area contributed by atoms with Gasteiger partial charge in [-0.05, 0) is 49.9 Å². The molecule has 0 radical (unpaired) electrons. The number of carbonyl (C=O) groups excluding carboxylic acids is 1. The van der Waals surface area contributed by atoms with E-state index in [1.165, 1.54) is 6.42 Å². The maximum atomic E-state index is 12.1. The molecule has 0 saturated carbocycles. The van der Waals surface area contributed by atoms with Crippen molar-refractivity contribution in [3.63, 3.8) is 0 Å². The summed E-state index contributed by atoms with van der Waals surface area (Å²) in [6, 6.07) is 7.05. The Labute approximate surface area is 123 Å². The summed E-state index contributed by atoms with van der Waals surface area (Å²) in [5.41, 5.74) is 7.04. The highest BCUT2D eigenvalue weighted by Gasteiger charge is 2.15. The van der Waals surface area contributed by atoms with Crippen LogP contribution in [-0.2, 0) is 4.74 Å². The third-order valence-electron chi connectivity index (χ3n) is 3.79. The highest BCUT2D eigenvalue weighted by atomic mass is 16.5. The number of amides is 1. The van der Waals surface area contributed by atoms with Gasteiger partial charge < -0.3 is 20.2 Å². The molecule has 1 aromatic carbocycles. The third-order valence-corrected chi connectivity index (χ3v) is 3.79. The topological polar surface area (TPSA) is 77.5 Å². The van der Waals surface area contributed by atoms with E-state index in [2.05, 4.69) is 5.32 Å². The van der Waals surface area contributed by atoms with Crippen molar-refractivity contribution in [1.82, 2.24) is 5.32 Å². The van der Waals surface area contributed by atoms with Crippen LogP contribution in [0.15, 0.2) is 28.7 Å². The second-order valence-electron chi connectivity index (χ2n) is 5.44. The van der Waals surface area contributed by atoms with Gasteiger partial charge in [0, 0.05) is 24.2 Å². The number of carbonyl (C=O) groups is 1. The summed E-state index contributed by atoms with van der Waals surface area (Å²) in [7, 11) is 0. The van der Waals surface area contributed by atoms with Crippen molar-refractivity contribution in [2.75, 3.05) is 18.9 Å². The maximum absolute atomic E-state index is 12.1. The largest absolute Gasteiger partial charge is 0.451 e. The van der Waals surface area contributed by atoms with Crippen LogP contribution in [0, 0.1) is 0 Å². The molecule has 3 N–H and O–H groups in total. The number of fused-ring (bicyclic) bond motifs is 1. The lowest BCUT2D eigenvalue weighted by atomic mass is 10.1. The molecule has 1 fully saturated rings. The standard InChI is InChI=1S/C16H20N2O3/c17-12-4-5-14-11(9-12)10-15(21-14)16(19)18-7-6-13-3-1-2-8-20-13/h4-5,9-10,13H,1-3,6-8,17H2,(H,18,19). The van der Waals surface area contributed by atoms with E-state index >= 15 is 0 Å². The van der Waals surface area contributed by atoms with Crippen molar-refractivity contribution in [2.24, 2.45) is 0 Å². The van der Waals surface area contributed by atoms with Gasteiger partial charge in [0.2, 0.25) is 0 Å². The van der Waals surface area contributed by atoms with Crippen LogP contribution in [-0.4, -0.2) is 25.2 Å². The predicted molar refractivity (Wildman–Crippen MR) is 81.2 cm³/mol. The Bertz CT molecular complexity index is 629. The molecule has 0 spiro atoms. The lowest BCUT2D eigenvalue weighted by Gasteiger charge is -2.22. The molecule has 2 heterocycles. The van der Waals surface area contributed by atoms with E-state index in [1.807, 2.05) is 0 Å². The summed E-state index contributed by atoms with van der Waals surface area (Å²) in [5, 5.41) is 3.72. The number of nitrogens with one attached hydrogen (secondary N) is 1. The molecule has 1 aromatic heterocycles. The number of hydrogen-bond donors (Lipinski definition) is 2. The molecule has 5 heteroatoms. The molecule has 1 atom stereocenters. The number of ether oxygens (including phenoxy) is 1. The van der Waals surface area contributed by atoms with E-state index in [4.69, 9.17) is 14.9 Å². The van der Waals surface area contributed by atoms with E-state index in [1.54, 1.807) is 24.3 Å². The fourth-order valence-electron chi connectivity index (χ4n) is 2.64. The van der Waals surface area contributed by atoms with Gasteiger partial charge in [0.05, 0.1) is 6.10 Å². The van der Waals surface area contributed by atoms with E-state index in [0.29, 0.717) is 23.6 Å². The summed E-state index contributed by atoms with van der Waals surface area (Å²) in [6.45, 7) is 1.44. The van der Waals surface area contributed by atoms with Crippen molar-refractivity contribution in [3.8, 4) is 0 Å². The van der Waals surface area contributed by atoms with E-state index in [-0.39, 0.29) is 12.0 Å². The summed E-state index contributed by atoms with van der Waals surface area (Å²) in [4.78, 5) is 12.1. The van der Waals surface area contributed by atoms with Crippen molar-refractivity contribution in [1.29, 1.82) is 0 Å². The van der Waals surface area contributed by atoms with Crippen LogP contribution >= 0.6 is 0 Å². The molecule has 0 bridgehead atoms. The molecular formula is C16H20N2O3. The SMILES string of the molecule is Nc1ccc2oc(C(=O)NCCC3CCCCO3)cc2c1. The first-order chi connectivity index (χ1) is 10.2. The molecule has 2 aromatic rings. The molecular weight excluding hydrogens is 268 g/mol. The van der Waals surface area contributed by atoms with Gasteiger partial charge in [0.25, 0.3) is 5.91 Å². The highest BCUT2D eigenvalue weighted by molar-refractivity contribution is 5.96. The maximum Gasteiger partial charge on any atom is 0.287 e. The molecule has 21 heavy (non-hydrogen) atoms. The predicted octanol–water partition coefficient (Wildman–Crippen LogP) is 2.70. The van der Waals surface area contributed by atoms with Crippen LogP contribution in [0.3, 0.4) is 0 Å². The van der Waals surface area contributed by atoms with Gasteiger partial charge in [-0.2, -0.15) is 0 Å². The zero-order valence-corrected chi connectivity index (χ0v) is 11.9. The highest BCUT2D eigenvalue weighted by Crippen LogP contribution is 2.21. The molecule has 1 amide bonds. The van der Waals surface area contributed by atoms with Crippen LogP contribution in [0.2, 0.25) is 0 Å². The zero-order chi connectivity index (χ0) is 14.7. The lowest BCUT2D eigenvalue weighted by molar-refractivity contribution is 0.0116. The molecule has 1 aliphatic heterocycles. The van der Waals surface area contributed by atoms with Gasteiger partial charge in [0.1, 0.15) is 5.58 Å². The number of nitrogens with two attached hydrogens (primary N) is 1. The number of hydrogen-bond acceptors (Lipinski definition) is 4. The number of benzene rings is 1. The first-order valence-electron chi connectivity index (χ1n) is 7.41. The average Bonchev–Trinajstić information content (AvgIpc) is 2.91. The first kappa shape index (κ1) is 13.9. The number of nitrogen functional groups attached to an aromatic ring is 1. The van der Waals surface area contributed by atoms with Gasteiger partial charge in [-0.25, -0.2) is 0 Å². The first-order valence-corrected chi connectivity index (χ1v) is 7.41. The van der Waals surface area contributed by atoms with E-state index in [0.717, 1.165) is 31.3 Å². The van der Waals surface area contributed by atoms with Crippen LogP contribution in [0.5, 0.6) is 0 Å². The zero-order valence-electron chi connectivity index (χ0n) is 11.9. The molecule has 1 aliphatic rings. The Morgan fingerprint density at radius 1 is 1.33 bits per heavy atom. The van der Waals surface area contributed by atoms with Gasteiger partial charge in [-0.3, -0.25) is 4.79 Å².